The number of aromatic nitrogens is 2. The molecule has 1 saturated heterocycles. The van der Waals surface area contributed by atoms with Crippen LogP contribution in [0.15, 0.2) is 9.72 Å². The first-order valence-electron chi connectivity index (χ1n) is 9.76. The normalized spacial score (nSPS) is 18.6. The van der Waals surface area contributed by atoms with Crippen LogP contribution < -0.4 is 5.32 Å². The molecule has 2 aliphatic rings. The van der Waals surface area contributed by atoms with Gasteiger partial charge < -0.3 is 14.6 Å². The number of amides is 1. The van der Waals surface area contributed by atoms with Gasteiger partial charge in [-0.05, 0) is 51.0 Å². The second-order valence-corrected chi connectivity index (χ2v) is 9.39. The van der Waals surface area contributed by atoms with Crippen molar-refractivity contribution in [3.8, 4) is 6.07 Å². The Kier molecular flexibility index (Phi) is 6.04. The van der Waals surface area contributed by atoms with E-state index in [4.69, 9.17) is 4.74 Å². The van der Waals surface area contributed by atoms with Gasteiger partial charge in [0, 0.05) is 23.4 Å². The molecule has 4 rings (SSSR count). The van der Waals surface area contributed by atoms with E-state index in [1.807, 2.05) is 12.3 Å². The van der Waals surface area contributed by atoms with E-state index in [-0.39, 0.29) is 17.8 Å². The topological polar surface area (TPSA) is 79.9 Å². The number of thioether (sulfide) groups is 1. The Morgan fingerprint density at radius 3 is 3.04 bits per heavy atom. The maximum atomic E-state index is 12.7. The van der Waals surface area contributed by atoms with Gasteiger partial charge in [-0.15, -0.1) is 11.3 Å². The summed E-state index contributed by atoms with van der Waals surface area (Å²) in [5, 5.41) is 14.8. The Morgan fingerprint density at radius 1 is 1.46 bits per heavy atom. The first kappa shape index (κ1) is 19.5. The summed E-state index contributed by atoms with van der Waals surface area (Å²) in [4.78, 5) is 17.0. The first-order chi connectivity index (χ1) is 13.7. The van der Waals surface area contributed by atoms with Crippen molar-refractivity contribution in [3.05, 3.63) is 27.9 Å². The standard InChI is InChI=1S/C20H24N4O2S2/c1-13-11-27-20(22-13)28-12-18(25)23-19-16(9-21)15-6-2-3-7-17(15)24(19)10-14-5-4-8-26-14/h11,14H,2-8,10,12H2,1H3,(H,23,25)/t14-/m0/s1. The van der Waals surface area contributed by atoms with Crippen LogP contribution in [0.5, 0.6) is 0 Å². The maximum absolute atomic E-state index is 12.7. The van der Waals surface area contributed by atoms with Crippen molar-refractivity contribution in [2.24, 2.45) is 0 Å². The number of nitrogens with zero attached hydrogens (tertiary/aromatic N) is 3. The number of aryl methyl sites for hydroxylation is 1. The van der Waals surface area contributed by atoms with E-state index in [2.05, 4.69) is 20.9 Å². The fraction of sp³-hybridized carbons (Fsp3) is 0.550. The highest BCUT2D eigenvalue weighted by Gasteiger charge is 2.28. The van der Waals surface area contributed by atoms with E-state index in [0.717, 1.165) is 60.7 Å². The van der Waals surface area contributed by atoms with Crippen LogP contribution in [-0.4, -0.2) is 33.9 Å². The fourth-order valence-electron chi connectivity index (χ4n) is 4.01. The molecule has 2 aromatic heterocycles. The number of hydrogen-bond acceptors (Lipinski definition) is 6. The molecule has 3 heterocycles. The van der Waals surface area contributed by atoms with Crippen LogP contribution in [0, 0.1) is 18.3 Å². The molecule has 0 bridgehead atoms. The molecule has 1 N–H and O–H groups in total. The highest BCUT2D eigenvalue weighted by atomic mass is 32.2. The van der Waals surface area contributed by atoms with Gasteiger partial charge in [-0.25, -0.2) is 4.98 Å². The molecular formula is C20H24N4O2S2. The SMILES string of the molecule is Cc1csc(SCC(=O)Nc2c(C#N)c3c(n2C[C@@H]2CCCO2)CCCC3)n1. The maximum Gasteiger partial charge on any atom is 0.235 e. The van der Waals surface area contributed by atoms with Gasteiger partial charge in [0.15, 0.2) is 4.34 Å². The average Bonchev–Trinajstić information content (AvgIpc) is 3.41. The number of thiazole rings is 1. The fourth-order valence-corrected chi connectivity index (χ4v) is 5.66. The van der Waals surface area contributed by atoms with Gasteiger partial charge >= 0.3 is 0 Å². The van der Waals surface area contributed by atoms with Gasteiger partial charge in [0.2, 0.25) is 5.91 Å². The molecule has 1 fully saturated rings. The lowest BCUT2D eigenvalue weighted by atomic mass is 9.95. The van der Waals surface area contributed by atoms with Gasteiger partial charge in [-0.1, -0.05) is 11.8 Å². The molecule has 1 atom stereocenters. The van der Waals surface area contributed by atoms with Crippen LogP contribution in [0.25, 0.3) is 0 Å². The zero-order chi connectivity index (χ0) is 19.5. The number of nitrogens with one attached hydrogen (secondary N) is 1. The van der Waals surface area contributed by atoms with Gasteiger partial charge in [0.25, 0.3) is 0 Å². The van der Waals surface area contributed by atoms with Crippen LogP contribution in [0.2, 0.25) is 0 Å². The molecule has 148 valence electrons. The van der Waals surface area contributed by atoms with Crippen molar-refractivity contribution in [1.82, 2.24) is 9.55 Å². The van der Waals surface area contributed by atoms with Crippen LogP contribution in [0.3, 0.4) is 0 Å². The molecule has 1 aliphatic carbocycles. The van der Waals surface area contributed by atoms with E-state index in [1.54, 1.807) is 11.3 Å². The minimum absolute atomic E-state index is 0.0993. The smallest absolute Gasteiger partial charge is 0.235 e. The number of nitriles is 1. The second-order valence-electron chi connectivity index (χ2n) is 7.31. The summed E-state index contributed by atoms with van der Waals surface area (Å²) in [7, 11) is 0. The number of carbonyl (C=O) groups excluding carboxylic acids is 1. The van der Waals surface area contributed by atoms with Crippen molar-refractivity contribution in [2.45, 2.75) is 62.4 Å². The highest BCUT2D eigenvalue weighted by molar-refractivity contribution is 8.01. The zero-order valence-corrected chi connectivity index (χ0v) is 17.6. The molecule has 2 aromatic rings. The molecular weight excluding hydrogens is 392 g/mol. The zero-order valence-electron chi connectivity index (χ0n) is 16.0. The van der Waals surface area contributed by atoms with Gasteiger partial charge in [-0.3, -0.25) is 4.79 Å². The lowest BCUT2D eigenvalue weighted by Gasteiger charge is -2.19. The van der Waals surface area contributed by atoms with Crippen LogP contribution in [0.1, 0.15) is 48.2 Å². The lowest BCUT2D eigenvalue weighted by molar-refractivity contribution is -0.113. The molecule has 0 unspecified atom stereocenters. The summed E-state index contributed by atoms with van der Waals surface area (Å²) >= 11 is 2.98. The van der Waals surface area contributed by atoms with Crippen molar-refractivity contribution in [3.63, 3.8) is 0 Å². The Morgan fingerprint density at radius 2 is 2.32 bits per heavy atom. The number of anilines is 1. The van der Waals surface area contributed by atoms with Crippen LogP contribution >= 0.6 is 23.1 Å². The van der Waals surface area contributed by atoms with Gasteiger partial charge in [0.05, 0.1) is 24.0 Å². The van der Waals surface area contributed by atoms with Gasteiger partial charge in [-0.2, -0.15) is 5.26 Å². The summed E-state index contributed by atoms with van der Waals surface area (Å²) in [6.45, 7) is 3.45. The quantitative estimate of drug-likeness (QED) is 0.722. The molecule has 1 aliphatic heterocycles. The molecule has 6 nitrogen and oxygen atoms in total. The van der Waals surface area contributed by atoms with Crippen molar-refractivity contribution in [2.75, 3.05) is 17.7 Å². The summed E-state index contributed by atoms with van der Waals surface area (Å²) in [5.41, 5.74) is 3.93. The lowest BCUT2D eigenvalue weighted by Crippen LogP contribution is -2.22. The summed E-state index contributed by atoms with van der Waals surface area (Å²) in [6.07, 6.45) is 6.35. The van der Waals surface area contributed by atoms with Crippen LogP contribution in [-0.2, 0) is 28.9 Å². The molecule has 28 heavy (non-hydrogen) atoms. The van der Waals surface area contributed by atoms with E-state index in [0.29, 0.717) is 17.9 Å². The highest BCUT2D eigenvalue weighted by Crippen LogP contribution is 2.34. The van der Waals surface area contributed by atoms with Gasteiger partial charge in [0.1, 0.15) is 11.9 Å². The van der Waals surface area contributed by atoms with E-state index in [9.17, 15) is 10.1 Å². The monoisotopic (exact) mass is 416 g/mol. The summed E-state index contributed by atoms with van der Waals surface area (Å²) < 4.78 is 8.87. The van der Waals surface area contributed by atoms with Crippen molar-refractivity contribution >= 4 is 34.8 Å². The van der Waals surface area contributed by atoms with E-state index >= 15 is 0 Å². The minimum atomic E-state index is -0.0993. The van der Waals surface area contributed by atoms with E-state index in [1.165, 1.54) is 17.5 Å². The summed E-state index contributed by atoms with van der Waals surface area (Å²) in [5.74, 6) is 0.844. The molecule has 0 saturated carbocycles. The van der Waals surface area contributed by atoms with Crippen LogP contribution in [0.4, 0.5) is 5.82 Å². The van der Waals surface area contributed by atoms with Crippen molar-refractivity contribution in [1.29, 1.82) is 5.26 Å². The Bertz CT molecular complexity index is 906. The van der Waals surface area contributed by atoms with E-state index < -0.39 is 0 Å². The second kappa shape index (κ2) is 8.68. The largest absolute Gasteiger partial charge is 0.376 e. The Hall–Kier alpha value is -1.82. The predicted octanol–water partition coefficient (Wildman–Crippen LogP) is 3.91. The Balaban J connectivity index is 1.56. The number of ether oxygens (including phenoxy) is 1. The molecule has 0 spiro atoms. The Labute approximate surface area is 173 Å². The molecule has 0 radical (unpaired) electrons. The summed E-state index contributed by atoms with van der Waals surface area (Å²) in [6, 6.07) is 2.36. The minimum Gasteiger partial charge on any atom is -0.376 e. The average molecular weight is 417 g/mol. The third-order valence-electron chi connectivity index (χ3n) is 5.28. The van der Waals surface area contributed by atoms with Crippen molar-refractivity contribution < 1.29 is 9.53 Å². The number of fused-ring (bicyclic) bond motifs is 1. The third kappa shape index (κ3) is 4.12. The molecule has 0 aromatic carbocycles. The number of rotatable bonds is 6. The predicted molar refractivity (Wildman–Crippen MR) is 111 cm³/mol. The molecule has 1 amide bonds. The first-order valence-corrected chi connectivity index (χ1v) is 11.6. The molecule has 8 heteroatoms. The number of carbonyl (C=O) groups is 1. The third-order valence-corrected chi connectivity index (χ3v) is 7.42. The number of hydrogen-bond donors (Lipinski definition) is 1.